The average molecular weight is 242 g/mol. The summed E-state index contributed by atoms with van der Waals surface area (Å²) in [4.78, 5) is 9.25. The summed E-state index contributed by atoms with van der Waals surface area (Å²) in [6, 6.07) is 19.5. The van der Waals surface area contributed by atoms with Crippen LogP contribution in [-0.4, -0.2) is 11.1 Å². The SMILES string of the molecule is C=CC(=O)O.c1ccc(Oc2ccccc2)cc1. The molecule has 0 fully saturated rings. The first-order valence-electron chi connectivity index (χ1n) is 5.35. The van der Waals surface area contributed by atoms with Gasteiger partial charge in [-0.25, -0.2) is 4.79 Å². The molecule has 2 aromatic carbocycles. The number of carboxylic acids is 1. The molecule has 1 N–H and O–H groups in total. The molecule has 0 bridgehead atoms. The Morgan fingerprint density at radius 1 is 0.944 bits per heavy atom. The maximum Gasteiger partial charge on any atom is 0.327 e. The van der Waals surface area contributed by atoms with E-state index in [0.29, 0.717) is 0 Å². The van der Waals surface area contributed by atoms with Crippen molar-refractivity contribution < 1.29 is 14.6 Å². The molecule has 0 aromatic heterocycles. The van der Waals surface area contributed by atoms with Crippen molar-refractivity contribution in [2.75, 3.05) is 0 Å². The van der Waals surface area contributed by atoms with Crippen LogP contribution in [0.3, 0.4) is 0 Å². The predicted octanol–water partition coefficient (Wildman–Crippen LogP) is 3.74. The minimum atomic E-state index is -0.981. The first-order chi connectivity index (χ1) is 8.72. The maximum atomic E-state index is 9.25. The summed E-state index contributed by atoms with van der Waals surface area (Å²) in [6.07, 6.45) is 0.833. The number of aliphatic carboxylic acids is 1. The molecule has 0 amide bonds. The van der Waals surface area contributed by atoms with E-state index in [1.54, 1.807) is 0 Å². The van der Waals surface area contributed by atoms with Crippen LogP contribution < -0.4 is 4.74 Å². The highest BCUT2D eigenvalue weighted by atomic mass is 16.5. The average Bonchev–Trinajstić information content (AvgIpc) is 2.42. The fourth-order valence-corrected chi connectivity index (χ4v) is 1.11. The quantitative estimate of drug-likeness (QED) is 0.834. The van der Waals surface area contributed by atoms with Crippen molar-refractivity contribution in [3.05, 3.63) is 73.3 Å². The molecule has 0 saturated heterocycles. The standard InChI is InChI=1S/C12H10O.C3H4O2/c1-3-7-11(8-4-1)13-12-9-5-2-6-10-12;1-2-3(4)5/h1-10H;2H,1H2,(H,4,5). The summed E-state index contributed by atoms with van der Waals surface area (Å²) in [7, 11) is 0. The minimum Gasteiger partial charge on any atom is -0.478 e. The van der Waals surface area contributed by atoms with E-state index in [-0.39, 0.29) is 0 Å². The molecule has 92 valence electrons. The fourth-order valence-electron chi connectivity index (χ4n) is 1.11. The number of para-hydroxylation sites is 2. The summed E-state index contributed by atoms with van der Waals surface area (Å²) in [5.74, 6) is 0.757. The number of ether oxygens (including phenoxy) is 1. The van der Waals surface area contributed by atoms with Crippen LogP contribution in [0, 0.1) is 0 Å². The second-order valence-electron chi connectivity index (χ2n) is 3.27. The number of rotatable bonds is 3. The van der Waals surface area contributed by atoms with Crippen molar-refractivity contribution in [3.63, 3.8) is 0 Å². The molecule has 0 aliphatic carbocycles. The lowest BCUT2D eigenvalue weighted by molar-refractivity contribution is -0.131. The third kappa shape index (κ3) is 5.51. The molecule has 0 aliphatic heterocycles. The van der Waals surface area contributed by atoms with Crippen LogP contribution in [0.25, 0.3) is 0 Å². The van der Waals surface area contributed by atoms with Crippen LogP contribution in [0.4, 0.5) is 0 Å². The number of carbonyl (C=O) groups is 1. The molecule has 0 saturated carbocycles. The van der Waals surface area contributed by atoms with Crippen LogP contribution in [0.15, 0.2) is 73.3 Å². The van der Waals surface area contributed by atoms with Crippen LogP contribution in [-0.2, 0) is 4.79 Å². The van der Waals surface area contributed by atoms with Crippen molar-refractivity contribution in [2.45, 2.75) is 0 Å². The first kappa shape index (κ1) is 13.5. The lowest BCUT2D eigenvalue weighted by Crippen LogP contribution is -1.82. The zero-order valence-corrected chi connectivity index (χ0v) is 9.82. The van der Waals surface area contributed by atoms with Crippen LogP contribution in [0.2, 0.25) is 0 Å². The van der Waals surface area contributed by atoms with Crippen molar-refractivity contribution in [1.82, 2.24) is 0 Å². The van der Waals surface area contributed by atoms with Crippen molar-refractivity contribution in [1.29, 1.82) is 0 Å². The molecule has 3 heteroatoms. The zero-order valence-electron chi connectivity index (χ0n) is 9.82. The van der Waals surface area contributed by atoms with Gasteiger partial charge in [-0.1, -0.05) is 43.0 Å². The summed E-state index contributed by atoms with van der Waals surface area (Å²) >= 11 is 0. The molecule has 18 heavy (non-hydrogen) atoms. The minimum absolute atomic E-state index is 0.833. The molecule has 0 aliphatic rings. The van der Waals surface area contributed by atoms with Crippen molar-refractivity contribution in [3.8, 4) is 11.5 Å². The number of hydrogen-bond acceptors (Lipinski definition) is 2. The topological polar surface area (TPSA) is 46.5 Å². The Balaban J connectivity index is 0.000000280. The smallest absolute Gasteiger partial charge is 0.327 e. The largest absolute Gasteiger partial charge is 0.478 e. The maximum absolute atomic E-state index is 9.25. The normalized spacial score (nSPS) is 8.67. The molecule has 0 unspecified atom stereocenters. The fraction of sp³-hybridized carbons (Fsp3) is 0. The van der Waals surface area contributed by atoms with Gasteiger partial charge >= 0.3 is 5.97 Å². The van der Waals surface area contributed by atoms with Gasteiger partial charge in [0, 0.05) is 6.08 Å². The predicted molar refractivity (Wildman–Crippen MR) is 70.8 cm³/mol. The number of carboxylic acid groups (broad SMARTS) is 1. The number of benzene rings is 2. The second kappa shape index (κ2) is 7.68. The summed E-state index contributed by atoms with van der Waals surface area (Å²) in [6.45, 7) is 2.96. The van der Waals surface area contributed by atoms with Gasteiger partial charge < -0.3 is 9.84 Å². The van der Waals surface area contributed by atoms with Gasteiger partial charge in [-0.3, -0.25) is 0 Å². The van der Waals surface area contributed by atoms with Crippen molar-refractivity contribution >= 4 is 5.97 Å². The van der Waals surface area contributed by atoms with E-state index in [9.17, 15) is 4.79 Å². The molecule has 2 rings (SSSR count). The Kier molecular flexibility index (Phi) is 5.77. The van der Waals surface area contributed by atoms with E-state index in [2.05, 4.69) is 6.58 Å². The Hall–Kier alpha value is -2.55. The van der Waals surface area contributed by atoms with Gasteiger partial charge in [-0.2, -0.15) is 0 Å². The Bertz CT molecular complexity index is 440. The van der Waals surface area contributed by atoms with Gasteiger partial charge in [0.05, 0.1) is 0 Å². The third-order valence-corrected chi connectivity index (χ3v) is 1.90. The van der Waals surface area contributed by atoms with Gasteiger partial charge in [0.1, 0.15) is 11.5 Å². The zero-order chi connectivity index (χ0) is 13.2. The second-order valence-corrected chi connectivity index (χ2v) is 3.27. The Morgan fingerprint density at radius 2 is 1.28 bits per heavy atom. The summed E-state index contributed by atoms with van der Waals surface area (Å²) in [5, 5.41) is 7.60. The Morgan fingerprint density at radius 3 is 1.56 bits per heavy atom. The van der Waals surface area contributed by atoms with E-state index in [1.165, 1.54) is 0 Å². The van der Waals surface area contributed by atoms with E-state index in [1.807, 2.05) is 60.7 Å². The molecule has 0 spiro atoms. The van der Waals surface area contributed by atoms with E-state index < -0.39 is 5.97 Å². The van der Waals surface area contributed by atoms with Crippen LogP contribution >= 0.6 is 0 Å². The molecular formula is C15H14O3. The van der Waals surface area contributed by atoms with E-state index in [0.717, 1.165) is 17.6 Å². The summed E-state index contributed by atoms with van der Waals surface area (Å²) in [5.41, 5.74) is 0. The number of hydrogen-bond donors (Lipinski definition) is 1. The van der Waals surface area contributed by atoms with Crippen LogP contribution in [0.1, 0.15) is 0 Å². The molecule has 0 radical (unpaired) electrons. The molecular weight excluding hydrogens is 228 g/mol. The molecule has 2 aromatic rings. The van der Waals surface area contributed by atoms with Gasteiger partial charge in [0.15, 0.2) is 0 Å². The van der Waals surface area contributed by atoms with Gasteiger partial charge in [-0.05, 0) is 24.3 Å². The lowest BCUT2D eigenvalue weighted by atomic mass is 10.3. The molecule has 0 atom stereocenters. The summed E-state index contributed by atoms with van der Waals surface area (Å²) < 4.78 is 5.58. The van der Waals surface area contributed by atoms with E-state index in [4.69, 9.17) is 9.84 Å². The molecule has 3 nitrogen and oxygen atoms in total. The Labute approximate surface area is 106 Å². The van der Waals surface area contributed by atoms with Gasteiger partial charge in [0.2, 0.25) is 0 Å². The highest BCUT2D eigenvalue weighted by Crippen LogP contribution is 2.19. The first-order valence-corrected chi connectivity index (χ1v) is 5.35. The molecule has 0 heterocycles. The van der Waals surface area contributed by atoms with E-state index >= 15 is 0 Å². The highest BCUT2D eigenvalue weighted by molar-refractivity contribution is 5.78. The van der Waals surface area contributed by atoms with Gasteiger partial charge in [-0.15, -0.1) is 0 Å². The lowest BCUT2D eigenvalue weighted by Gasteiger charge is -2.03. The van der Waals surface area contributed by atoms with Gasteiger partial charge in [0.25, 0.3) is 0 Å². The third-order valence-electron chi connectivity index (χ3n) is 1.90. The van der Waals surface area contributed by atoms with Crippen LogP contribution in [0.5, 0.6) is 11.5 Å². The van der Waals surface area contributed by atoms with Crippen molar-refractivity contribution in [2.24, 2.45) is 0 Å². The highest BCUT2D eigenvalue weighted by Gasteiger charge is 1.92. The monoisotopic (exact) mass is 242 g/mol.